The van der Waals surface area contributed by atoms with E-state index in [9.17, 15) is 0 Å². The summed E-state index contributed by atoms with van der Waals surface area (Å²) < 4.78 is 4.18. The van der Waals surface area contributed by atoms with Crippen molar-refractivity contribution in [1.29, 1.82) is 0 Å². The first-order chi connectivity index (χ1) is 6.95. The number of aliphatic hydroxyl groups is 3. The van der Waals surface area contributed by atoms with Gasteiger partial charge in [-0.15, -0.1) is 6.58 Å². The molecule has 0 saturated heterocycles. The molecule has 7 nitrogen and oxygen atoms in total. The van der Waals surface area contributed by atoms with Crippen LogP contribution in [-0.2, 0) is 4.65 Å². The molecule has 0 aliphatic rings. The van der Waals surface area contributed by atoms with Crippen molar-refractivity contribution >= 4 is 7.32 Å². The SMILES string of the molecule is C=CCOB(O)O.NC(CO)(CO)CO. The molecule has 0 radical (unpaired) electrons. The fraction of sp³-hybridized carbons (Fsp3) is 0.714. The minimum atomic E-state index is -1.67. The Kier molecular flexibility index (Phi) is 11.4. The molecule has 15 heavy (non-hydrogen) atoms. The minimum absolute atomic E-state index is 0.164. The standard InChI is InChI=1S/C4H11NO3.C3H7BO3/c5-4(1-6,2-7)3-8;1-2-3-7-4(5)6/h6-8H,1-3,5H2;2,5-6H,1,3H2. The average Bonchev–Trinajstić information content (AvgIpc) is 2.26. The second kappa shape index (κ2) is 10.1. The van der Waals surface area contributed by atoms with Crippen molar-refractivity contribution < 1.29 is 30.0 Å². The summed E-state index contributed by atoms with van der Waals surface area (Å²) >= 11 is 0. The van der Waals surface area contributed by atoms with Crippen molar-refractivity contribution in [3.8, 4) is 0 Å². The molecular formula is C7H18BNO6. The lowest BCUT2D eigenvalue weighted by atomic mass is 10.1. The number of aliphatic hydroxyl groups excluding tert-OH is 3. The van der Waals surface area contributed by atoms with Crippen LogP contribution in [0.25, 0.3) is 0 Å². The van der Waals surface area contributed by atoms with E-state index in [1.807, 2.05) is 0 Å². The molecule has 0 aromatic heterocycles. The topological polar surface area (TPSA) is 136 Å². The molecule has 0 bridgehead atoms. The van der Waals surface area contributed by atoms with Gasteiger partial charge in [0, 0.05) is 0 Å². The summed E-state index contributed by atoms with van der Waals surface area (Å²) in [7, 11) is -1.67. The molecule has 0 unspecified atom stereocenters. The van der Waals surface area contributed by atoms with Gasteiger partial charge in [0.25, 0.3) is 0 Å². The largest absolute Gasteiger partial charge is 0.634 e. The lowest BCUT2D eigenvalue weighted by molar-refractivity contribution is 0.0697. The Bertz CT molecular complexity index is 144. The predicted octanol–water partition coefficient (Wildman–Crippen LogP) is -3.18. The quantitative estimate of drug-likeness (QED) is 0.206. The van der Waals surface area contributed by atoms with E-state index in [1.165, 1.54) is 6.08 Å². The first-order valence-corrected chi connectivity index (χ1v) is 4.16. The van der Waals surface area contributed by atoms with Crippen LogP contribution in [0.5, 0.6) is 0 Å². The molecule has 0 aliphatic heterocycles. The Hall–Kier alpha value is -0.475. The Morgan fingerprint density at radius 1 is 1.20 bits per heavy atom. The molecule has 0 saturated carbocycles. The van der Waals surface area contributed by atoms with Crippen molar-refractivity contribution in [1.82, 2.24) is 0 Å². The molecular weight excluding hydrogens is 205 g/mol. The summed E-state index contributed by atoms with van der Waals surface area (Å²) in [6, 6.07) is 0. The molecule has 0 rings (SSSR count). The first kappa shape index (κ1) is 16.9. The highest BCUT2D eigenvalue weighted by Gasteiger charge is 2.20. The molecule has 8 heteroatoms. The maximum absolute atomic E-state index is 8.34. The van der Waals surface area contributed by atoms with Gasteiger partial charge in [-0.2, -0.15) is 0 Å². The van der Waals surface area contributed by atoms with Crippen molar-refractivity contribution in [2.75, 3.05) is 26.4 Å². The van der Waals surface area contributed by atoms with Gasteiger partial charge in [-0.25, -0.2) is 0 Å². The van der Waals surface area contributed by atoms with Crippen LogP contribution in [0.15, 0.2) is 12.7 Å². The van der Waals surface area contributed by atoms with Crippen LogP contribution in [0.3, 0.4) is 0 Å². The van der Waals surface area contributed by atoms with Gasteiger partial charge < -0.3 is 35.8 Å². The second-order valence-electron chi connectivity index (χ2n) is 2.79. The van der Waals surface area contributed by atoms with Gasteiger partial charge in [-0.1, -0.05) is 6.08 Å². The zero-order chi connectivity index (χ0) is 12.3. The molecule has 0 amide bonds. The molecule has 7 N–H and O–H groups in total. The molecule has 0 spiro atoms. The van der Waals surface area contributed by atoms with Crippen LogP contribution in [0.2, 0.25) is 0 Å². The number of hydrogen-bond acceptors (Lipinski definition) is 7. The first-order valence-electron chi connectivity index (χ1n) is 4.16. The Morgan fingerprint density at radius 3 is 1.67 bits per heavy atom. The lowest BCUT2D eigenvalue weighted by Crippen LogP contribution is -2.50. The van der Waals surface area contributed by atoms with E-state index < -0.39 is 32.7 Å². The van der Waals surface area contributed by atoms with Crippen molar-refractivity contribution in [2.45, 2.75) is 5.54 Å². The Labute approximate surface area is 88.6 Å². The van der Waals surface area contributed by atoms with Gasteiger partial charge in [-0.05, 0) is 0 Å². The molecule has 0 aromatic carbocycles. The number of nitrogens with two attached hydrogens (primary N) is 1. The van der Waals surface area contributed by atoms with E-state index in [-0.39, 0.29) is 6.61 Å². The maximum atomic E-state index is 8.34. The third-order valence-corrected chi connectivity index (χ3v) is 1.31. The second-order valence-corrected chi connectivity index (χ2v) is 2.79. The summed E-state index contributed by atoms with van der Waals surface area (Å²) in [5, 5.41) is 41.0. The summed E-state index contributed by atoms with van der Waals surface area (Å²) in [6.07, 6.45) is 1.43. The molecule has 0 fully saturated rings. The van der Waals surface area contributed by atoms with Crippen LogP contribution in [0, 0.1) is 0 Å². The van der Waals surface area contributed by atoms with Crippen molar-refractivity contribution in [3.05, 3.63) is 12.7 Å². The smallest absolute Gasteiger partial charge is 0.402 e. The predicted molar refractivity (Wildman–Crippen MR) is 54.5 cm³/mol. The lowest BCUT2D eigenvalue weighted by Gasteiger charge is -2.20. The minimum Gasteiger partial charge on any atom is -0.402 e. The summed E-state index contributed by atoms with van der Waals surface area (Å²) in [5.74, 6) is 0. The molecule has 90 valence electrons. The molecule has 0 aromatic rings. The highest BCUT2D eigenvalue weighted by Crippen LogP contribution is 1.93. The average molecular weight is 223 g/mol. The van der Waals surface area contributed by atoms with Crippen molar-refractivity contribution in [2.24, 2.45) is 5.73 Å². The summed E-state index contributed by atoms with van der Waals surface area (Å²) in [6.45, 7) is 2.24. The Morgan fingerprint density at radius 2 is 1.60 bits per heavy atom. The van der Waals surface area contributed by atoms with Gasteiger partial charge in [0.1, 0.15) is 0 Å². The fourth-order valence-electron chi connectivity index (χ4n) is 0.304. The number of hydrogen-bond donors (Lipinski definition) is 6. The zero-order valence-corrected chi connectivity index (χ0v) is 8.41. The van der Waals surface area contributed by atoms with Gasteiger partial charge in [0.2, 0.25) is 0 Å². The van der Waals surface area contributed by atoms with E-state index in [1.54, 1.807) is 0 Å². The normalized spacial score (nSPS) is 10.3. The van der Waals surface area contributed by atoms with Crippen LogP contribution in [-0.4, -0.2) is 64.7 Å². The van der Waals surface area contributed by atoms with Crippen LogP contribution in [0.4, 0.5) is 0 Å². The van der Waals surface area contributed by atoms with E-state index in [2.05, 4.69) is 11.2 Å². The third-order valence-electron chi connectivity index (χ3n) is 1.31. The fourth-order valence-corrected chi connectivity index (χ4v) is 0.304. The molecule has 0 aliphatic carbocycles. The Balaban J connectivity index is 0. The number of rotatable bonds is 6. The van der Waals surface area contributed by atoms with Crippen LogP contribution in [0.1, 0.15) is 0 Å². The van der Waals surface area contributed by atoms with Crippen molar-refractivity contribution in [3.63, 3.8) is 0 Å². The van der Waals surface area contributed by atoms with E-state index in [0.717, 1.165) is 0 Å². The summed E-state index contributed by atoms with van der Waals surface area (Å²) in [5.41, 5.74) is 3.94. The van der Waals surface area contributed by atoms with Gasteiger partial charge >= 0.3 is 7.32 Å². The molecule has 0 heterocycles. The van der Waals surface area contributed by atoms with E-state index in [0.29, 0.717) is 0 Å². The van der Waals surface area contributed by atoms with Crippen LogP contribution < -0.4 is 5.73 Å². The zero-order valence-electron chi connectivity index (χ0n) is 8.41. The highest BCUT2D eigenvalue weighted by molar-refractivity contribution is 6.32. The maximum Gasteiger partial charge on any atom is 0.634 e. The highest BCUT2D eigenvalue weighted by atomic mass is 16.6. The van der Waals surface area contributed by atoms with E-state index in [4.69, 9.17) is 31.1 Å². The summed E-state index contributed by atoms with van der Waals surface area (Å²) in [4.78, 5) is 0. The van der Waals surface area contributed by atoms with Gasteiger partial charge in [0.15, 0.2) is 0 Å². The monoisotopic (exact) mass is 223 g/mol. The van der Waals surface area contributed by atoms with E-state index >= 15 is 0 Å². The van der Waals surface area contributed by atoms with Gasteiger partial charge in [0.05, 0.1) is 32.0 Å². The third kappa shape index (κ3) is 11.5. The van der Waals surface area contributed by atoms with Gasteiger partial charge in [-0.3, -0.25) is 0 Å². The molecule has 0 atom stereocenters. The van der Waals surface area contributed by atoms with Crippen LogP contribution >= 0.6 is 0 Å².